The highest BCUT2D eigenvalue weighted by atomic mass is 15.2. The Morgan fingerprint density at radius 1 is 0.525 bits per heavy atom. The summed E-state index contributed by atoms with van der Waals surface area (Å²) in [6, 6.07) is 5.10. The van der Waals surface area contributed by atoms with E-state index in [1.165, 1.54) is 128 Å². The van der Waals surface area contributed by atoms with E-state index in [-0.39, 0.29) is 0 Å². The molecule has 40 heavy (non-hydrogen) atoms. The van der Waals surface area contributed by atoms with E-state index >= 15 is 0 Å². The summed E-state index contributed by atoms with van der Waals surface area (Å²) in [6.45, 7) is 21.8. The molecule has 5 rings (SSSR count). The number of nitrogens with zero attached hydrogens (tertiary/aromatic N) is 4. The highest BCUT2D eigenvalue weighted by Crippen LogP contribution is 2.33. The molecule has 2 aromatic rings. The third kappa shape index (κ3) is 7.01. The summed E-state index contributed by atoms with van der Waals surface area (Å²) in [6.07, 6.45) is 9.84. The quantitative estimate of drug-likeness (QED) is 0.455. The van der Waals surface area contributed by atoms with Gasteiger partial charge in [0, 0.05) is 52.4 Å². The smallest absolute Gasteiger partial charge is 0.0110 e. The monoisotopic (exact) mass is 544 g/mol. The van der Waals surface area contributed by atoms with Crippen molar-refractivity contribution in [3.05, 3.63) is 67.8 Å². The van der Waals surface area contributed by atoms with Crippen LogP contribution in [0.2, 0.25) is 0 Å². The maximum absolute atomic E-state index is 2.68. The summed E-state index contributed by atoms with van der Waals surface area (Å²) in [5.41, 5.74) is 16.2. The maximum Gasteiger partial charge on any atom is 0.0110 e. The molecule has 0 amide bonds. The van der Waals surface area contributed by atoms with Gasteiger partial charge >= 0.3 is 0 Å². The van der Waals surface area contributed by atoms with Crippen molar-refractivity contribution in [2.24, 2.45) is 0 Å². The second kappa shape index (κ2) is 13.5. The third-order valence-corrected chi connectivity index (χ3v) is 10.7. The lowest BCUT2D eigenvalue weighted by Gasteiger charge is -2.32. The van der Waals surface area contributed by atoms with Crippen molar-refractivity contribution in [1.82, 2.24) is 19.6 Å². The summed E-state index contributed by atoms with van der Waals surface area (Å²) >= 11 is 0. The molecule has 2 aliphatic heterocycles. The molecular formula is C36H56N4. The number of rotatable bonds is 8. The van der Waals surface area contributed by atoms with E-state index in [9.17, 15) is 0 Å². The zero-order valence-electron chi connectivity index (χ0n) is 26.7. The average molecular weight is 545 g/mol. The van der Waals surface area contributed by atoms with Gasteiger partial charge in [0.05, 0.1) is 0 Å². The first-order chi connectivity index (χ1) is 19.3. The van der Waals surface area contributed by atoms with Crippen molar-refractivity contribution in [3.63, 3.8) is 0 Å². The molecule has 220 valence electrons. The van der Waals surface area contributed by atoms with Crippen molar-refractivity contribution < 1.29 is 0 Å². The van der Waals surface area contributed by atoms with Gasteiger partial charge in [-0.15, -0.1) is 0 Å². The predicted octanol–water partition coefficient (Wildman–Crippen LogP) is 5.16. The molecule has 0 saturated carbocycles. The van der Waals surface area contributed by atoms with Gasteiger partial charge in [0.1, 0.15) is 0 Å². The Hall–Kier alpha value is -1.72. The molecule has 0 radical (unpaired) electrons. The van der Waals surface area contributed by atoms with Gasteiger partial charge in [-0.2, -0.15) is 0 Å². The molecule has 0 unspecified atom stereocenters. The molecule has 4 heteroatoms. The minimum atomic E-state index is 1.20. The van der Waals surface area contributed by atoms with Crippen LogP contribution in [0.3, 0.4) is 0 Å². The van der Waals surface area contributed by atoms with Crippen LogP contribution in [0.4, 0.5) is 0 Å². The number of fused-ring (bicyclic) bond motifs is 2. The van der Waals surface area contributed by atoms with Gasteiger partial charge in [0.15, 0.2) is 0 Å². The number of aryl methyl sites for hydroxylation is 4. The lowest BCUT2D eigenvalue weighted by Crippen LogP contribution is -2.44. The second-order valence-corrected chi connectivity index (χ2v) is 13.4. The van der Waals surface area contributed by atoms with E-state index in [0.29, 0.717) is 0 Å². The molecule has 0 N–H and O–H groups in total. The molecule has 0 spiro atoms. The zero-order valence-corrected chi connectivity index (χ0v) is 26.7. The normalized spacial score (nSPS) is 19.8. The first-order valence-electron chi connectivity index (χ1n) is 16.3. The molecule has 0 bridgehead atoms. The third-order valence-electron chi connectivity index (χ3n) is 10.7. The lowest BCUT2D eigenvalue weighted by atomic mass is 9.79. The number of hydrogen-bond donors (Lipinski definition) is 0. The first-order valence-corrected chi connectivity index (χ1v) is 16.3. The molecule has 3 aliphatic rings. The molecule has 1 aliphatic carbocycles. The lowest BCUT2D eigenvalue weighted by molar-refractivity contribution is 0.153. The molecule has 2 heterocycles. The van der Waals surface area contributed by atoms with Gasteiger partial charge in [-0.05, 0) is 162 Å². The van der Waals surface area contributed by atoms with Gasteiger partial charge in [0.25, 0.3) is 0 Å². The van der Waals surface area contributed by atoms with Crippen LogP contribution >= 0.6 is 0 Å². The molecule has 2 fully saturated rings. The summed E-state index contributed by atoms with van der Waals surface area (Å²) in [7, 11) is 4.51. The van der Waals surface area contributed by atoms with Gasteiger partial charge in [-0.3, -0.25) is 0 Å². The SMILES string of the molecule is Cc1cc2c(c(CCCN3CCN(C)CC3)c1C)CCc1cc(C)c(C)c(CCCN3CCN(C)CC3)c1CC2. The van der Waals surface area contributed by atoms with Crippen LogP contribution in [-0.4, -0.2) is 99.1 Å². The predicted molar refractivity (Wildman–Crippen MR) is 171 cm³/mol. The Bertz CT molecular complexity index is 1060. The van der Waals surface area contributed by atoms with Crippen LogP contribution in [0.1, 0.15) is 68.5 Å². The van der Waals surface area contributed by atoms with Gasteiger partial charge in [0.2, 0.25) is 0 Å². The molecule has 0 aromatic heterocycles. The number of hydrogen-bond acceptors (Lipinski definition) is 4. The highest BCUT2D eigenvalue weighted by molar-refractivity contribution is 5.50. The number of likely N-dealkylation sites (N-methyl/N-ethyl adjacent to an activating group) is 2. The number of piperazine rings is 2. The molecule has 2 saturated heterocycles. The standard InChI is InChI=1S/C36H56N4/c1-27-25-31-11-13-36-32(26-28(2)30(4)34(36)10-8-16-40-23-19-38(6)20-24-40)12-14-35(31)33(29(27)3)9-7-15-39-21-17-37(5)18-22-39/h25-26H,7-24H2,1-6H3. The molecular weight excluding hydrogens is 488 g/mol. The van der Waals surface area contributed by atoms with Crippen molar-refractivity contribution in [2.45, 2.75) is 79.1 Å². The molecule has 4 nitrogen and oxygen atoms in total. The largest absolute Gasteiger partial charge is 0.304 e. The van der Waals surface area contributed by atoms with Crippen molar-refractivity contribution in [2.75, 3.05) is 79.5 Å². The van der Waals surface area contributed by atoms with Gasteiger partial charge in [-0.1, -0.05) is 12.1 Å². The minimum absolute atomic E-state index is 1.20. The van der Waals surface area contributed by atoms with E-state index in [1.54, 1.807) is 44.5 Å². The second-order valence-electron chi connectivity index (χ2n) is 13.4. The first kappa shape index (κ1) is 29.8. The molecule has 0 atom stereocenters. The van der Waals surface area contributed by atoms with Crippen LogP contribution in [0.15, 0.2) is 12.1 Å². The van der Waals surface area contributed by atoms with E-state index in [2.05, 4.69) is 73.5 Å². The van der Waals surface area contributed by atoms with Crippen LogP contribution in [0.25, 0.3) is 0 Å². The Kier molecular flexibility index (Phi) is 10.0. The van der Waals surface area contributed by atoms with Gasteiger partial charge in [-0.25, -0.2) is 0 Å². The summed E-state index contributed by atoms with van der Waals surface area (Å²) in [5.74, 6) is 0. The Morgan fingerprint density at radius 3 is 1.27 bits per heavy atom. The van der Waals surface area contributed by atoms with E-state index in [0.717, 1.165) is 0 Å². The van der Waals surface area contributed by atoms with Crippen LogP contribution < -0.4 is 0 Å². The zero-order chi connectivity index (χ0) is 28.2. The fourth-order valence-electron chi connectivity index (χ4n) is 7.60. The fourth-order valence-corrected chi connectivity index (χ4v) is 7.60. The summed E-state index contributed by atoms with van der Waals surface area (Å²) in [4.78, 5) is 10.3. The van der Waals surface area contributed by atoms with Gasteiger partial charge < -0.3 is 19.6 Å². The average Bonchev–Trinajstić information content (AvgIpc) is 2.93. The topological polar surface area (TPSA) is 13.0 Å². The molecule has 2 aromatic carbocycles. The van der Waals surface area contributed by atoms with E-state index in [1.807, 2.05) is 0 Å². The number of benzene rings is 2. The Labute approximate surface area is 245 Å². The minimum Gasteiger partial charge on any atom is -0.304 e. The summed E-state index contributed by atoms with van der Waals surface area (Å²) in [5, 5.41) is 0. The van der Waals surface area contributed by atoms with Crippen LogP contribution in [0.5, 0.6) is 0 Å². The van der Waals surface area contributed by atoms with Crippen LogP contribution in [0, 0.1) is 27.7 Å². The summed E-state index contributed by atoms with van der Waals surface area (Å²) < 4.78 is 0. The van der Waals surface area contributed by atoms with Crippen molar-refractivity contribution >= 4 is 0 Å². The fraction of sp³-hybridized carbons (Fsp3) is 0.667. The maximum atomic E-state index is 2.68. The van der Waals surface area contributed by atoms with Crippen molar-refractivity contribution in [3.8, 4) is 0 Å². The highest BCUT2D eigenvalue weighted by Gasteiger charge is 2.22. The Morgan fingerprint density at radius 2 is 0.900 bits per heavy atom. The van der Waals surface area contributed by atoms with E-state index < -0.39 is 0 Å². The van der Waals surface area contributed by atoms with E-state index in [4.69, 9.17) is 0 Å². The van der Waals surface area contributed by atoms with Crippen LogP contribution in [-0.2, 0) is 38.5 Å². The Balaban J connectivity index is 1.29. The van der Waals surface area contributed by atoms with Crippen molar-refractivity contribution in [1.29, 1.82) is 0 Å².